The molecule has 204 valence electrons. The van der Waals surface area contributed by atoms with Gasteiger partial charge in [-0.15, -0.1) is 0 Å². The molecule has 3 aromatic rings. The zero-order valence-corrected chi connectivity index (χ0v) is 22.3. The van der Waals surface area contributed by atoms with Gasteiger partial charge >= 0.3 is 0 Å². The van der Waals surface area contributed by atoms with Crippen molar-refractivity contribution in [2.45, 2.75) is 57.8 Å². The van der Waals surface area contributed by atoms with Crippen molar-refractivity contribution in [2.24, 2.45) is 0 Å². The number of hydrogen-bond donors (Lipinski definition) is 0. The number of pyridine rings is 1. The summed E-state index contributed by atoms with van der Waals surface area (Å²) in [6, 6.07) is 18.2. The fourth-order valence-electron chi connectivity index (χ4n) is 5.77. The minimum Gasteiger partial charge on any atom is -0.493 e. The van der Waals surface area contributed by atoms with Gasteiger partial charge in [0.1, 0.15) is 11.6 Å². The number of rotatable bonds is 6. The van der Waals surface area contributed by atoms with Crippen LogP contribution in [-0.4, -0.2) is 58.4 Å². The van der Waals surface area contributed by atoms with Crippen LogP contribution in [0.4, 0.5) is 10.1 Å². The molecular formula is C31H35FN4O3. The maximum Gasteiger partial charge on any atom is 0.226 e. The van der Waals surface area contributed by atoms with Crippen LogP contribution >= 0.6 is 0 Å². The molecule has 2 unspecified atom stereocenters. The summed E-state index contributed by atoms with van der Waals surface area (Å²) in [7, 11) is 0. The number of carbonyl (C=O) groups is 2. The standard InChI is InChI=1S/C31H35FN4O3/c1-23(37)35-17-14-27-10-11-28(36(27)20-24-5-4-16-33-19-24)22-34(21-25-6-2-3-7-30(25)35)31(38)15-18-39-29-12-8-26(32)9-13-29/h2-9,12-13,16,19,27-28H,10-11,14-15,17-18,20-22H2,1H3. The third-order valence-corrected chi connectivity index (χ3v) is 7.75. The number of hydrogen-bond acceptors (Lipinski definition) is 5. The number of ether oxygens (including phenoxy) is 1. The van der Waals surface area contributed by atoms with E-state index in [0.29, 0.717) is 31.4 Å². The van der Waals surface area contributed by atoms with Crippen molar-refractivity contribution in [3.63, 3.8) is 0 Å². The maximum absolute atomic E-state index is 13.6. The molecule has 2 atom stereocenters. The predicted molar refractivity (Wildman–Crippen MR) is 148 cm³/mol. The zero-order chi connectivity index (χ0) is 27.2. The number of halogens is 1. The van der Waals surface area contributed by atoms with Crippen LogP contribution in [-0.2, 0) is 22.7 Å². The van der Waals surface area contributed by atoms with Crippen LogP contribution in [0, 0.1) is 5.82 Å². The predicted octanol–water partition coefficient (Wildman–Crippen LogP) is 4.81. The van der Waals surface area contributed by atoms with Crippen LogP contribution in [0.3, 0.4) is 0 Å². The SMILES string of the molecule is CC(=O)N1CCC2CCC(CN(C(=O)CCOc3ccc(F)cc3)Cc3ccccc31)N2Cc1cccnc1. The number of amides is 2. The number of carbonyl (C=O) groups excluding carboxylic acids is 2. The molecule has 1 saturated heterocycles. The van der Waals surface area contributed by atoms with Gasteiger partial charge in [-0.25, -0.2) is 4.39 Å². The Bertz CT molecular complexity index is 1270. The van der Waals surface area contributed by atoms with Gasteiger partial charge in [-0.2, -0.15) is 0 Å². The second-order valence-electron chi connectivity index (χ2n) is 10.3. The fraction of sp³-hybridized carbons (Fsp3) is 0.387. The minimum absolute atomic E-state index is 0.000581. The highest BCUT2D eigenvalue weighted by atomic mass is 19.1. The van der Waals surface area contributed by atoms with Crippen molar-refractivity contribution in [1.29, 1.82) is 0 Å². The van der Waals surface area contributed by atoms with E-state index in [2.05, 4.69) is 16.0 Å². The van der Waals surface area contributed by atoms with Gasteiger partial charge in [-0.3, -0.25) is 19.5 Å². The lowest BCUT2D eigenvalue weighted by atomic mass is 10.1. The Labute approximate surface area is 229 Å². The van der Waals surface area contributed by atoms with Gasteiger partial charge in [0.15, 0.2) is 0 Å². The molecule has 0 N–H and O–H groups in total. The van der Waals surface area contributed by atoms with Crippen LogP contribution in [0.25, 0.3) is 0 Å². The van der Waals surface area contributed by atoms with Gasteiger partial charge in [0.25, 0.3) is 0 Å². The molecule has 0 radical (unpaired) electrons. The molecule has 1 fully saturated rings. The number of nitrogens with zero attached hydrogens (tertiary/aromatic N) is 4. The van der Waals surface area contributed by atoms with Gasteiger partial charge in [0.05, 0.1) is 13.0 Å². The van der Waals surface area contributed by atoms with Gasteiger partial charge < -0.3 is 14.5 Å². The van der Waals surface area contributed by atoms with E-state index in [1.54, 1.807) is 25.3 Å². The quantitative estimate of drug-likeness (QED) is 0.458. The highest BCUT2D eigenvalue weighted by Crippen LogP contribution is 2.32. The number of para-hydroxylation sites is 1. The van der Waals surface area contributed by atoms with Gasteiger partial charge in [-0.1, -0.05) is 24.3 Å². The molecule has 39 heavy (non-hydrogen) atoms. The van der Waals surface area contributed by atoms with E-state index in [0.717, 1.165) is 42.6 Å². The van der Waals surface area contributed by atoms with E-state index in [1.807, 2.05) is 46.3 Å². The fourth-order valence-corrected chi connectivity index (χ4v) is 5.77. The van der Waals surface area contributed by atoms with Crippen LogP contribution in [0.1, 0.15) is 43.7 Å². The van der Waals surface area contributed by atoms with Crippen LogP contribution < -0.4 is 9.64 Å². The molecule has 1 aromatic heterocycles. The second-order valence-corrected chi connectivity index (χ2v) is 10.3. The van der Waals surface area contributed by atoms with Gasteiger partial charge in [-0.05, 0) is 66.8 Å². The van der Waals surface area contributed by atoms with E-state index in [9.17, 15) is 14.0 Å². The van der Waals surface area contributed by atoms with Gasteiger partial charge in [0.2, 0.25) is 11.8 Å². The number of aromatic nitrogens is 1. The minimum atomic E-state index is -0.328. The Balaban J connectivity index is 1.40. The number of fused-ring (bicyclic) bond motifs is 3. The summed E-state index contributed by atoms with van der Waals surface area (Å²) in [5.41, 5.74) is 2.96. The third-order valence-electron chi connectivity index (χ3n) is 7.75. The van der Waals surface area contributed by atoms with E-state index >= 15 is 0 Å². The number of anilines is 1. The Morgan fingerprint density at radius 1 is 1.00 bits per heavy atom. The van der Waals surface area contributed by atoms with Gasteiger partial charge in [0, 0.05) is 63.3 Å². The highest BCUT2D eigenvalue weighted by Gasteiger charge is 2.36. The average Bonchev–Trinajstić information content (AvgIpc) is 3.29. The molecule has 5 rings (SSSR count). The summed E-state index contributed by atoms with van der Waals surface area (Å²) < 4.78 is 19.0. The summed E-state index contributed by atoms with van der Waals surface area (Å²) in [5.74, 6) is 0.197. The van der Waals surface area contributed by atoms with Crippen molar-refractivity contribution in [1.82, 2.24) is 14.8 Å². The van der Waals surface area contributed by atoms with E-state index < -0.39 is 0 Å². The Hall–Kier alpha value is -3.78. The average molecular weight is 531 g/mol. The highest BCUT2D eigenvalue weighted by molar-refractivity contribution is 5.92. The first-order chi connectivity index (χ1) is 19.0. The first kappa shape index (κ1) is 26.8. The lowest BCUT2D eigenvalue weighted by Gasteiger charge is -2.34. The van der Waals surface area contributed by atoms with Crippen molar-refractivity contribution >= 4 is 17.5 Å². The lowest BCUT2D eigenvalue weighted by Crippen LogP contribution is -2.45. The summed E-state index contributed by atoms with van der Waals surface area (Å²) in [4.78, 5) is 37.0. The molecule has 2 amide bonds. The molecule has 0 saturated carbocycles. The van der Waals surface area contributed by atoms with E-state index in [4.69, 9.17) is 4.74 Å². The van der Waals surface area contributed by atoms with Crippen LogP contribution in [0.5, 0.6) is 5.75 Å². The van der Waals surface area contributed by atoms with Crippen LogP contribution in [0.15, 0.2) is 73.1 Å². The molecular weight excluding hydrogens is 495 g/mol. The maximum atomic E-state index is 13.6. The zero-order valence-electron chi connectivity index (χ0n) is 22.3. The molecule has 7 nitrogen and oxygen atoms in total. The van der Waals surface area contributed by atoms with Crippen LogP contribution in [0.2, 0.25) is 0 Å². The molecule has 0 aliphatic carbocycles. The molecule has 8 heteroatoms. The summed E-state index contributed by atoms with van der Waals surface area (Å²) in [5, 5.41) is 0. The van der Waals surface area contributed by atoms with Crippen molar-refractivity contribution in [3.8, 4) is 5.75 Å². The van der Waals surface area contributed by atoms with Crippen molar-refractivity contribution < 1.29 is 18.7 Å². The van der Waals surface area contributed by atoms with Crippen molar-refractivity contribution in [2.75, 3.05) is 24.6 Å². The Kier molecular flexibility index (Phi) is 8.51. The molecule has 2 aliphatic rings. The largest absolute Gasteiger partial charge is 0.493 e. The first-order valence-corrected chi connectivity index (χ1v) is 13.6. The molecule has 2 aromatic carbocycles. The monoisotopic (exact) mass is 530 g/mol. The Morgan fingerprint density at radius 3 is 2.56 bits per heavy atom. The summed E-state index contributed by atoms with van der Waals surface area (Å²) >= 11 is 0. The molecule has 3 heterocycles. The lowest BCUT2D eigenvalue weighted by molar-refractivity contribution is -0.133. The third kappa shape index (κ3) is 6.63. The Morgan fingerprint density at radius 2 is 1.79 bits per heavy atom. The first-order valence-electron chi connectivity index (χ1n) is 13.6. The van der Waals surface area contributed by atoms with E-state index in [-0.39, 0.29) is 36.7 Å². The summed E-state index contributed by atoms with van der Waals surface area (Å²) in [6.07, 6.45) is 6.76. The smallest absolute Gasteiger partial charge is 0.226 e. The second kappa shape index (κ2) is 12.4. The normalized spacial score (nSPS) is 19.7. The van der Waals surface area contributed by atoms with Crippen molar-refractivity contribution in [3.05, 3.63) is 90.0 Å². The summed E-state index contributed by atoms with van der Waals surface area (Å²) in [6.45, 7) is 4.21. The molecule has 0 spiro atoms. The molecule has 2 bridgehead atoms. The van der Waals surface area contributed by atoms with E-state index in [1.165, 1.54) is 12.1 Å². The molecule has 2 aliphatic heterocycles. The topological polar surface area (TPSA) is 66.0 Å². The number of benzene rings is 2.